The molecule has 0 heterocycles. The Morgan fingerprint density at radius 2 is 2.06 bits per heavy atom. The van der Waals surface area contributed by atoms with Crippen molar-refractivity contribution in [2.24, 2.45) is 5.92 Å². The van der Waals surface area contributed by atoms with Gasteiger partial charge in [-0.15, -0.1) is 0 Å². The van der Waals surface area contributed by atoms with Crippen LogP contribution in [0.1, 0.15) is 32.8 Å². The molecule has 0 aliphatic carbocycles. The van der Waals surface area contributed by atoms with E-state index in [2.05, 4.69) is 44.3 Å². The van der Waals surface area contributed by atoms with Gasteiger partial charge in [0.15, 0.2) is 0 Å². The minimum Gasteiger partial charge on any atom is -0.492 e. The molecule has 0 bridgehead atoms. The van der Waals surface area contributed by atoms with Gasteiger partial charge in [-0.1, -0.05) is 19.9 Å². The molecule has 1 N–H and O–H groups in total. The highest BCUT2D eigenvalue weighted by Crippen LogP contribution is 2.25. The van der Waals surface area contributed by atoms with Crippen LogP contribution in [0.2, 0.25) is 0 Å². The first kappa shape index (κ1) is 12.9. The van der Waals surface area contributed by atoms with E-state index in [4.69, 9.17) is 4.74 Å². The van der Waals surface area contributed by atoms with Crippen molar-refractivity contribution in [3.05, 3.63) is 23.8 Å². The summed E-state index contributed by atoms with van der Waals surface area (Å²) in [6.07, 6.45) is 1.18. The fourth-order valence-corrected chi connectivity index (χ4v) is 1.55. The first-order chi connectivity index (χ1) is 7.63. The van der Waals surface area contributed by atoms with Gasteiger partial charge in [-0.05, 0) is 43.9 Å². The minimum absolute atomic E-state index is 0.711. The molecule has 0 aliphatic heterocycles. The molecule has 2 heteroatoms. The molecule has 90 valence electrons. The summed E-state index contributed by atoms with van der Waals surface area (Å²) < 4.78 is 5.61. The fraction of sp³-hybridized carbons (Fsp3) is 0.571. The Labute approximate surface area is 99.0 Å². The van der Waals surface area contributed by atoms with Gasteiger partial charge in [-0.2, -0.15) is 0 Å². The maximum absolute atomic E-state index is 5.61. The molecule has 1 aromatic carbocycles. The predicted molar refractivity (Wildman–Crippen MR) is 70.3 cm³/mol. The summed E-state index contributed by atoms with van der Waals surface area (Å²) in [4.78, 5) is 0. The zero-order valence-corrected chi connectivity index (χ0v) is 10.8. The second kappa shape index (κ2) is 6.41. The van der Waals surface area contributed by atoms with Crippen molar-refractivity contribution in [1.29, 1.82) is 0 Å². The van der Waals surface area contributed by atoms with Gasteiger partial charge < -0.3 is 10.1 Å². The normalized spacial score (nSPS) is 10.6. The smallest absolute Gasteiger partial charge is 0.142 e. The van der Waals surface area contributed by atoms with Crippen LogP contribution in [0.5, 0.6) is 5.75 Å². The van der Waals surface area contributed by atoms with Crippen LogP contribution in [0.15, 0.2) is 18.2 Å². The van der Waals surface area contributed by atoms with Crippen LogP contribution in [0.3, 0.4) is 0 Å². The van der Waals surface area contributed by atoms with Gasteiger partial charge in [-0.25, -0.2) is 0 Å². The van der Waals surface area contributed by atoms with Gasteiger partial charge >= 0.3 is 0 Å². The van der Waals surface area contributed by atoms with Gasteiger partial charge in [0, 0.05) is 6.54 Å². The summed E-state index contributed by atoms with van der Waals surface area (Å²) in [6.45, 7) is 10.3. The Morgan fingerprint density at radius 1 is 1.31 bits per heavy atom. The van der Waals surface area contributed by atoms with Crippen LogP contribution in [-0.4, -0.2) is 13.2 Å². The van der Waals surface area contributed by atoms with Crippen molar-refractivity contribution in [3.63, 3.8) is 0 Å². The lowest BCUT2D eigenvalue weighted by atomic mass is 10.1. The first-order valence-electron chi connectivity index (χ1n) is 6.10. The standard InChI is InChI=1S/C14H23NO/c1-5-16-14-10-12(4)6-7-13(14)15-9-8-11(2)3/h6-7,10-11,15H,5,8-9H2,1-4H3. The summed E-state index contributed by atoms with van der Waals surface area (Å²) in [7, 11) is 0. The van der Waals surface area contributed by atoms with E-state index in [0.29, 0.717) is 6.61 Å². The first-order valence-corrected chi connectivity index (χ1v) is 6.10. The van der Waals surface area contributed by atoms with Crippen molar-refractivity contribution in [2.75, 3.05) is 18.5 Å². The minimum atomic E-state index is 0.711. The second-order valence-electron chi connectivity index (χ2n) is 4.54. The lowest BCUT2D eigenvalue weighted by Crippen LogP contribution is -2.06. The van der Waals surface area contributed by atoms with Crippen molar-refractivity contribution in [3.8, 4) is 5.75 Å². The molecule has 2 nitrogen and oxygen atoms in total. The summed E-state index contributed by atoms with van der Waals surface area (Å²) >= 11 is 0. The lowest BCUT2D eigenvalue weighted by Gasteiger charge is -2.13. The third-order valence-electron chi connectivity index (χ3n) is 2.47. The maximum Gasteiger partial charge on any atom is 0.142 e. The molecular formula is C14H23NO. The maximum atomic E-state index is 5.61. The molecule has 1 rings (SSSR count). The fourth-order valence-electron chi connectivity index (χ4n) is 1.55. The molecule has 0 spiro atoms. The van der Waals surface area contributed by atoms with Crippen LogP contribution in [0, 0.1) is 12.8 Å². The van der Waals surface area contributed by atoms with Crippen molar-refractivity contribution >= 4 is 5.69 Å². The van der Waals surface area contributed by atoms with Crippen molar-refractivity contribution in [2.45, 2.75) is 34.1 Å². The van der Waals surface area contributed by atoms with Gasteiger partial charge in [0.2, 0.25) is 0 Å². The van der Waals surface area contributed by atoms with E-state index in [0.717, 1.165) is 23.9 Å². The van der Waals surface area contributed by atoms with E-state index in [1.165, 1.54) is 12.0 Å². The topological polar surface area (TPSA) is 21.3 Å². The van der Waals surface area contributed by atoms with E-state index < -0.39 is 0 Å². The van der Waals surface area contributed by atoms with Crippen LogP contribution < -0.4 is 10.1 Å². The molecule has 0 aliphatic rings. The van der Waals surface area contributed by atoms with Crippen LogP contribution >= 0.6 is 0 Å². The second-order valence-corrected chi connectivity index (χ2v) is 4.54. The van der Waals surface area contributed by atoms with E-state index in [1.54, 1.807) is 0 Å². The van der Waals surface area contributed by atoms with Crippen LogP contribution in [0.25, 0.3) is 0 Å². The molecule has 16 heavy (non-hydrogen) atoms. The Morgan fingerprint density at radius 3 is 2.69 bits per heavy atom. The number of benzene rings is 1. The molecule has 1 aromatic rings. The highest BCUT2D eigenvalue weighted by Gasteiger charge is 2.03. The molecule has 0 fully saturated rings. The average molecular weight is 221 g/mol. The number of hydrogen-bond donors (Lipinski definition) is 1. The van der Waals surface area contributed by atoms with Crippen molar-refractivity contribution < 1.29 is 4.74 Å². The summed E-state index contributed by atoms with van der Waals surface area (Å²) in [5.41, 5.74) is 2.34. The molecular weight excluding hydrogens is 198 g/mol. The van der Waals surface area contributed by atoms with Crippen LogP contribution in [0.4, 0.5) is 5.69 Å². The summed E-state index contributed by atoms with van der Waals surface area (Å²) in [6, 6.07) is 6.29. The molecule has 0 saturated heterocycles. The van der Waals surface area contributed by atoms with E-state index in [-0.39, 0.29) is 0 Å². The van der Waals surface area contributed by atoms with E-state index in [1.807, 2.05) is 6.92 Å². The molecule has 0 atom stereocenters. The largest absolute Gasteiger partial charge is 0.492 e. The number of rotatable bonds is 6. The zero-order valence-electron chi connectivity index (χ0n) is 10.8. The van der Waals surface area contributed by atoms with Gasteiger partial charge in [0.25, 0.3) is 0 Å². The Balaban J connectivity index is 2.63. The Kier molecular flexibility index (Phi) is 5.17. The summed E-state index contributed by atoms with van der Waals surface area (Å²) in [5.74, 6) is 1.69. The number of aryl methyl sites for hydroxylation is 1. The quantitative estimate of drug-likeness (QED) is 0.787. The number of anilines is 1. The van der Waals surface area contributed by atoms with E-state index in [9.17, 15) is 0 Å². The SMILES string of the molecule is CCOc1cc(C)ccc1NCCC(C)C. The van der Waals surface area contributed by atoms with Crippen LogP contribution in [-0.2, 0) is 0 Å². The highest BCUT2D eigenvalue weighted by atomic mass is 16.5. The number of hydrogen-bond acceptors (Lipinski definition) is 2. The molecule has 0 aromatic heterocycles. The summed E-state index contributed by atoms with van der Waals surface area (Å²) in [5, 5.41) is 3.43. The average Bonchev–Trinajstić information content (AvgIpc) is 2.21. The van der Waals surface area contributed by atoms with Gasteiger partial charge in [-0.3, -0.25) is 0 Å². The molecule has 0 amide bonds. The third kappa shape index (κ3) is 4.13. The number of nitrogens with one attached hydrogen (secondary N) is 1. The van der Waals surface area contributed by atoms with Gasteiger partial charge in [0.1, 0.15) is 5.75 Å². The zero-order chi connectivity index (χ0) is 12.0. The molecule has 0 radical (unpaired) electrons. The van der Waals surface area contributed by atoms with E-state index >= 15 is 0 Å². The van der Waals surface area contributed by atoms with Crippen molar-refractivity contribution in [1.82, 2.24) is 0 Å². The predicted octanol–water partition coefficient (Wildman–Crippen LogP) is 3.85. The monoisotopic (exact) mass is 221 g/mol. The lowest BCUT2D eigenvalue weighted by molar-refractivity contribution is 0.341. The Hall–Kier alpha value is -1.18. The molecule has 0 saturated carbocycles. The number of ether oxygens (including phenoxy) is 1. The third-order valence-corrected chi connectivity index (χ3v) is 2.47. The molecule has 0 unspecified atom stereocenters. The van der Waals surface area contributed by atoms with Gasteiger partial charge in [0.05, 0.1) is 12.3 Å². The highest BCUT2D eigenvalue weighted by molar-refractivity contribution is 5.57. The Bertz CT molecular complexity index is 321.